The van der Waals surface area contributed by atoms with E-state index in [0.717, 1.165) is 23.8 Å². The van der Waals surface area contributed by atoms with E-state index < -0.39 is 64.0 Å². The number of rotatable bonds is 15. The lowest BCUT2D eigenvalue weighted by Gasteiger charge is -2.51. The van der Waals surface area contributed by atoms with E-state index in [-0.39, 0.29) is 28.6 Å². The molecule has 4 rings (SSSR count). The Morgan fingerprint density at radius 1 is 1.36 bits per heavy atom. The van der Waals surface area contributed by atoms with E-state index >= 15 is 4.39 Å². The molecule has 0 saturated carbocycles. The van der Waals surface area contributed by atoms with E-state index in [9.17, 15) is 32.5 Å². The van der Waals surface area contributed by atoms with Crippen molar-refractivity contribution in [3.63, 3.8) is 0 Å². The molecular formula is C27H33FN8O12S2. The van der Waals surface area contributed by atoms with E-state index in [0.29, 0.717) is 23.7 Å². The van der Waals surface area contributed by atoms with Crippen LogP contribution in [0.3, 0.4) is 0 Å². The van der Waals surface area contributed by atoms with Gasteiger partial charge in [0.15, 0.2) is 17.9 Å². The molecule has 1 saturated heterocycles. The summed E-state index contributed by atoms with van der Waals surface area (Å²) in [7, 11) is -3.48. The summed E-state index contributed by atoms with van der Waals surface area (Å²) in [5.74, 6) is -4.33. The summed E-state index contributed by atoms with van der Waals surface area (Å²) in [4.78, 5) is 55.0. The number of carbonyl (C=O) groups is 4. The monoisotopic (exact) mass is 744 g/mol. The molecule has 0 spiro atoms. The van der Waals surface area contributed by atoms with Gasteiger partial charge in [0.25, 0.3) is 24.4 Å². The molecule has 2 atom stereocenters. The normalized spacial score (nSPS) is 16.0. The molecule has 0 radical (unpaired) electrons. The van der Waals surface area contributed by atoms with Crippen molar-refractivity contribution in [3.05, 3.63) is 47.5 Å². The molecule has 20 nitrogen and oxygen atoms in total. The van der Waals surface area contributed by atoms with Crippen LogP contribution in [0.1, 0.15) is 26.0 Å². The number of nitrogens with two attached hydrogens (primary N) is 2. The maximum atomic E-state index is 15.0. The van der Waals surface area contributed by atoms with Crippen LogP contribution in [0.5, 0.6) is 5.75 Å². The fourth-order valence-electron chi connectivity index (χ4n) is 4.45. The van der Waals surface area contributed by atoms with Crippen LogP contribution in [0.4, 0.5) is 9.52 Å². The van der Waals surface area contributed by atoms with Crippen LogP contribution in [0.15, 0.2) is 41.1 Å². The van der Waals surface area contributed by atoms with Crippen LogP contribution in [0.25, 0.3) is 11.1 Å². The number of nitrogens with one attached hydrogen (secondary N) is 1. The largest absolute Gasteiger partial charge is 0.724 e. The van der Waals surface area contributed by atoms with E-state index in [1.165, 1.54) is 31.4 Å². The topological polar surface area (TPSA) is 295 Å². The number of hydroxylamine groups is 2. The second kappa shape index (κ2) is 16.4. The first-order valence-corrected chi connectivity index (χ1v) is 16.4. The lowest BCUT2D eigenvalue weighted by Crippen LogP contribution is -2.76. The lowest BCUT2D eigenvalue weighted by molar-refractivity contribution is -0.753. The number of hydrogen-bond acceptors (Lipinski definition) is 15. The van der Waals surface area contributed by atoms with Gasteiger partial charge < -0.3 is 41.1 Å². The molecule has 1 aliphatic rings. The number of amides is 2. The Hall–Kier alpha value is -5.23. The first-order chi connectivity index (χ1) is 23.4. The Kier molecular flexibility index (Phi) is 12.9. The minimum Gasteiger partial charge on any atom is -0.724 e. The van der Waals surface area contributed by atoms with Gasteiger partial charge in [-0.3, -0.25) is 14.4 Å². The predicted octanol–water partition coefficient (Wildman–Crippen LogP) is -1.04. The predicted molar refractivity (Wildman–Crippen MR) is 168 cm³/mol. The average Bonchev–Trinajstić information content (AvgIpc) is 3.63. The molecule has 50 heavy (non-hydrogen) atoms. The quantitative estimate of drug-likeness (QED) is 0.0236. The van der Waals surface area contributed by atoms with Crippen LogP contribution in [0.2, 0.25) is 0 Å². The summed E-state index contributed by atoms with van der Waals surface area (Å²) in [6.45, 7) is 2.85. The summed E-state index contributed by atoms with van der Waals surface area (Å²) in [5, 5.41) is 24.2. The minimum absolute atomic E-state index is 0.0140. The van der Waals surface area contributed by atoms with Gasteiger partial charge in [-0.05, 0) is 38.9 Å². The Morgan fingerprint density at radius 2 is 2.04 bits per heavy atom. The van der Waals surface area contributed by atoms with Crippen molar-refractivity contribution >= 4 is 56.8 Å². The van der Waals surface area contributed by atoms with Gasteiger partial charge in [-0.1, -0.05) is 5.16 Å². The third-order valence-corrected chi connectivity index (χ3v) is 7.91. The fraction of sp³-hybridized carbons (Fsp3) is 0.370. The first kappa shape index (κ1) is 39.2. The van der Waals surface area contributed by atoms with Gasteiger partial charge >= 0.3 is 5.97 Å². The number of halogens is 1. The molecule has 3 heterocycles. The van der Waals surface area contributed by atoms with Gasteiger partial charge in [0.1, 0.15) is 29.9 Å². The zero-order valence-corrected chi connectivity index (χ0v) is 28.2. The van der Waals surface area contributed by atoms with Crippen molar-refractivity contribution in [1.29, 1.82) is 0 Å². The molecule has 272 valence electrons. The molecule has 7 N–H and O–H groups in total. The maximum Gasteiger partial charge on any atom is 0.351 e. The van der Waals surface area contributed by atoms with Crippen molar-refractivity contribution in [2.75, 3.05) is 18.9 Å². The van der Waals surface area contributed by atoms with Gasteiger partial charge in [-0.25, -0.2) is 22.6 Å². The molecule has 2 amide bonds. The SMILES string of the molecule is C[n+]1cc(-c2ccc(OC[C@H](O/N=C(\C(=O)N[C@@H]3C(=O)N(OS(=O)(=O)[O-])C3(C)C)c3csc(N)n3)C(=O)O)cc2F)cn1CCCN.O=CO. The second-order valence-electron chi connectivity index (χ2n) is 10.8. The minimum atomic E-state index is -5.29. The molecule has 0 aliphatic carbocycles. The molecule has 0 unspecified atom stereocenters. The number of hydrogen-bond donors (Lipinski definition) is 5. The van der Waals surface area contributed by atoms with Crippen molar-refractivity contribution in [2.24, 2.45) is 17.9 Å². The highest BCUT2D eigenvalue weighted by atomic mass is 32.3. The summed E-state index contributed by atoms with van der Waals surface area (Å²) < 4.78 is 61.3. The average molecular weight is 745 g/mol. The molecule has 1 aliphatic heterocycles. The van der Waals surface area contributed by atoms with E-state index in [2.05, 4.69) is 19.7 Å². The van der Waals surface area contributed by atoms with E-state index in [4.69, 9.17) is 30.9 Å². The van der Waals surface area contributed by atoms with Crippen LogP contribution in [-0.2, 0) is 52.3 Å². The third-order valence-electron chi connectivity index (χ3n) is 6.91. The van der Waals surface area contributed by atoms with Gasteiger partial charge in [0, 0.05) is 17.0 Å². The van der Waals surface area contributed by atoms with Crippen LogP contribution < -0.4 is 26.2 Å². The fourth-order valence-corrected chi connectivity index (χ4v) is 5.44. The van der Waals surface area contributed by atoms with Crippen LogP contribution in [-0.4, -0.2) is 98.7 Å². The van der Waals surface area contributed by atoms with Crippen LogP contribution in [0, 0.1) is 5.82 Å². The number of ether oxygens (including phenoxy) is 1. The number of aryl methyl sites for hydroxylation is 2. The zero-order chi connectivity index (χ0) is 37.4. The van der Waals surface area contributed by atoms with Crippen LogP contribution >= 0.6 is 11.3 Å². The summed E-state index contributed by atoms with van der Waals surface area (Å²) in [6, 6.07) is 2.60. The van der Waals surface area contributed by atoms with Gasteiger partial charge in [-0.2, -0.15) is 14.0 Å². The summed E-state index contributed by atoms with van der Waals surface area (Å²) >= 11 is 0.920. The number of oxime groups is 1. The summed E-state index contributed by atoms with van der Waals surface area (Å²) in [5.41, 5.74) is 9.90. The molecule has 3 aromatic rings. The number of aliphatic carboxylic acids is 1. The first-order valence-electron chi connectivity index (χ1n) is 14.2. The number of aromatic nitrogens is 3. The van der Waals surface area contributed by atoms with Crippen molar-refractivity contribution in [3.8, 4) is 16.9 Å². The molecule has 23 heteroatoms. The van der Waals surface area contributed by atoms with Crippen molar-refractivity contribution < 1.29 is 65.3 Å². The second-order valence-corrected chi connectivity index (χ2v) is 12.6. The highest BCUT2D eigenvalue weighted by Crippen LogP contribution is 2.33. The molecule has 1 aromatic carbocycles. The van der Waals surface area contributed by atoms with Crippen molar-refractivity contribution in [1.82, 2.24) is 20.0 Å². The standard InChI is InChI=1S/C26H31FN8O10S2.CH2O2/c1-26(2)21(23(37)35(26)45-47(40,41)42)31-22(36)20(18-13-46-25(29)30-18)32-44-19(24(38)39)12-43-15-5-6-16(17(27)9-15)14-10-33(3)34(11-14)8-4-7-28;2-1-3/h5-6,9-11,13,19,21H,4,7-8,12,28H2,1-3H3,(H4-,29,30,31,36,38,39,40,41,42);1H,(H,2,3)/b32-20-;/t19-,21+;/m0./s1. The number of benzene rings is 1. The summed E-state index contributed by atoms with van der Waals surface area (Å²) in [6.07, 6.45) is 2.45. The Morgan fingerprint density at radius 3 is 2.58 bits per heavy atom. The van der Waals surface area contributed by atoms with Crippen molar-refractivity contribution in [2.45, 2.75) is 44.5 Å². The van der Waals surface area contributed by atoms with E-state index in [1.807, 2.05) is 11.7 Å². The number of carbonyl (C=O) groups excluding carboxylic acids is 2. The number of nitrogen functional groups attached to an aromatic ring is 1. The maximum absolute atomic E-state index is 15.0. The number of carboxylic acids is 1. The smallest absolute Gasteiger partial charge is 0.351 e. The number of nitrogens with zero attached hydrogens (tertiary/aromatic N) is 5. The van der Waals surface area contributed by atoms with E-state index in [1.54, 1.807) is 17.1 Å². The number of β-lactam (4-membered cyclic amide) rings is 1. The molecule has 0 bridgehead atoms. The number of thiazole rings is 1. The molecule has 2 aromatic heterocycles. The Bertz CT molecular complexity index is 1860. The lowest BCUT2D eigenvalue weighted by atomic mass is 9.84. The third kappa shape index (κ3) is 9.69. The van der Waals surface area contributed by atoms with Gasteiger partial charge in [-0.15, -0.1) is 16.0 Å². The van der Waals surface area contributed by atoms with Gasteiger partial charge in [0.05, 0.1) is 23.8 Å². The van der Waals surface area contributed by atoms with Gasteiger partial charge in [0.2, 0.25) is 16.6 Å². The number of anilines is 1. The molecule has 1 fully saturated rings. The zero-order valence-electron chi connectivity index (χ0n) is 26.6. The highest BCUT2D eigenvalue weighted by molar-refractivity contribution is 7.80. The molecular weight excluding hydrogens is 711 g/mol. The Balaban J connectivity index is 0.00000217. The number of carboxylic acid groups (broad SMARTS) is 2. The Labute approximate surface area is 287 Å². The highest BCUT2D eigenvalue weighted by Gasteiger charge is 2.57.